The number of anilines is 1. The molecule has 0 unspecified atom stereocenters. The van der Waals surface area contributed by atoms with Gasteiger partial charge < -0.3 is 20.2 Å². The summed E-state index contributed by atoms with van der Waals surface area (Å²) in [6.45, 7) is 3.00. The molecular formula is C17H24F2N4O. The Morgan fingerprint density at radius 3 is 2.54 bits per heavy atom. The van der Waals surface area contributed by atoms with E-state index in [1.807, 2.05) is 4.90 Å². The summed E-state index contributed by atoms with van der Waals surface area (Å²) in [5.74, 6) is -0.0886. The van der Waals surface area contributed by atoms with Crippen LogP contribution in [-0.4, -0.2) is 61.3 Å². The van der Waals surface area contributed by atoms with E-state index >= 15 is 0 Å². The van der Waals surface area contributed by atoms with E-state index in [0.29, 0.717) is 38.4 Å². The molecule has 0 spiro atoms. The molecule has 1 aromatic rings. The van der Waals surface area contributed by atoms with Crippen molar-refractivity contribution in [3.63, 3.8) is 0 Å². The summed E-state index contributed by atoms with van der Waals surface area (Å²) in [5, 5.41) is 13.4. The average Bonchev–Trinajstić information content (AvgIpc) is 2.56. The fraction of sp³-hybridized carbons (Fsp3) is 0.588. The first-order valence-corrected chi connectivity index (χ1v) is 8.39. The molecule has 5 nitrogen and oxygen atoms in total. The van der Waals surface area contributed by atoms with Crippen LogP contribution in [0.15, 0.2) is 23.2 Å². The Labute approximate surface area is 141 Å². The molecule has 2 aliphatic rings. The molecule has 1 aromatic carbocycles. The number of nitrogens with one attached hydrogen (secondary N) is 1. The third kappa shape index (κ3) is 3.61. The first-order chi connectivity index (χ1) is 11.5. The van der Waals surface area contributed by atoms with Crippen molar-refractivity contribution >= 4 is 11.6 Å². The Kier molecular flexibility index (Phi) is 4.89. The molecule has 1 heterocycles. The number of guanidine groups is 1. The highest BCUT2D eigenvalue weighted by Gasteiger charge is 2.34. The zero-order valence-corrected chi connectivity index (χ0v) is 13.9. The van der Waals surface area contributed by atoms with Crippen LogP contribution in [0.2, 0.25) is 0 Å². The molecular weight excluding hydrogens is 314 g/mol. The van der Waals surface area contributed by atoms with E-state index < -0.39 is 17.2 Å². The minimum atomic E-state index is -0.609. The summed E-state index contributed by atoms with van der Waals surface area (Å²) in [7, 11) is 1.71. The van der Waals surface area contributed by atoms with Crippen molar-refractivity contribution in [2.75, 3.05) is 44.7 Å². The van der Waals surface area contributed by atoms with Gasteiger partial charge in [-0.05, 0) is 31.4 Å². The van der Waals surface area contributed by atoms with Gasteiger partial charge in [0.05, 0.1) is 11.3 Å². The van der Waals surface area contributed by atoms with Crippen molar-refractivity contribution in [2.45, 2.75) is 24.9 Å². The summed E-state index contributed by atoms with van der Waals surface area (Å²) in [5.41, 5.74) is -0.302. The van der Waals surface area contributed by atoms with Gasteiger partial charge in [-0.1, -0.05) is 0 Å². The van der Waals surface area contributed by atoms with E-state index in [0.717, 1.165) is 37.4 Å². The van der Waals surface area contributed by atoms with Crippen LogP contribution in [0.25, 0.3) is 0 Å². The van der Waals surface area contributed by atoms with Crippen molar-refractivity contribution in [3.05, 3.63) is 29.8 Å². The smallest absolute Gasteiger partial charge is 0.193 e. The maximum atomic E-state index is 13.9. The molecule has 0 bridgehead atoms. The lowest BCUT2D eigenvalue weighted by Gasteiger charge is -2.40. The fourth-order valence-electron chi connectivity index (χ4n) is 3.22. The number of aliphatic imine (C=N–C) groups is 1. The number of rotatable bonds is 3. The molecule has 0 radical (unpaired) electrons. The lowest BCUT2D eigenvalue weighted by molar-refractivity contribution is -0.0283. The molecule has 7 heteroatoms. The van der Waals surface area contributed by atoms with Crippen molar-refractivity contribution in [1.29, 1.82) is 0 Å². The first-order valence-electron chi connectivity index (χ1n) is 8.39. The highest BCUT2D eigenvalue weighted by atomic mass is 19.1. The molecule has 2 fully saturated rings. The minimum Gasteiger partial charge on any atom is -0.388 e. The third-order valence-corrected chi connectivity index (χ3v) is 4.90. The molecule has 0 amide bonds. The van der Waals surface area contributed by atoms with E-state index in [1.54, 1.807) is 7.05 Å². The molecule has 0 aromatic heterocycles. The molecule has 1 saturated carbocycles. The monoisotopic (exact) mass is 338 g/mol. The highest BCUT2D eigenvalue weighted by Crippen LogP contribution is 2.30. The second-order valence-corrected chi connectivity index (χ2v) is 6.55. The van der Waals surface area contributed by atoms with Crippen LogP contribution in [0.5, 0.6) is 0 Å². The van der Waals surface area contributed by atoms with Crippen LogP contribution >= 0.6 is 0 Å². The molecule has 1 aliphatic carbocycles. The average molecular weight is 338 g/mol. The number of nitrogens with zero attached hydrogens (tertiary/aromatic N) is 3. The summed E-state index contributed by atoms with van der Waals surface area (Å²) < 4.78 is 27.2. The van der Waals surface area contributed by atoms with Crippen LogP contribution < -0.4 is 10.2 Å². The Morgan fingerprint density at radius 1 is 1.25 bits per heavy atom. The largest absolute Gasteiger partial charge is 0.388 e. The second kappa shape index (κ2) is 6.93. The Balaban J connectivity index is 1.56. The van der Waals surface area contributed by atoms with Gasteiger partial charge in [0.1, 0.15) is 11.6 Å². The standard InChI is InChI=1S/C17H24F2N4O/c1-20-16(21-12-17(24)5-2-6-17)23-9-7-22(8-10-23)15-11-13(18)3-4-14(15)19/h3-4,11,24H,2,5-10,12H2,1H3,(H,20,21). The molecule has 24 heavy (non-hydrogen) atoms. The maximum absolute atomic E-state index is 13.9. The van der Waals surface area contributed by atoms with Crippen LogP contribution in [0, 0.1) is 11.6 Å². The normalized spacial score (nSPS) is 20.8. The lowest BCUT2D eigenvalue weighted by Crippen LogP contribution is -2.56. The quantitative estimate of drug-likeness (QED) is 0.649. The minimum absolute atomic E-state index is 0.307. The van der Waals surface area contributed by atoms with Gasteiger partial charge >= 0.3 is 0 Å². The number of hydrogen-bond acceptors (Lipinski definition) is 3. The second-order valence-electron chi connectivity index (χ2n) is 6.55. The molecule has 2 N–H and O–H groups in total. The predicted molar refractivity (Wildman–Crippen MR) is 90.3 cm³/mol. The zero-order valence-electron chi connectivity index (χ0n) is 13.9. The Bertz CT molecular complexity index is 611. The van der Waals surface area contributed by atoms with Gasteiger partial charge in [0, 0.05) is 45.8 Å². The van der Waals surface area contributed by atoms with E-state index in [-0.39, 0.29) is 0 Å². The maximum Gasteiger partial charge on any atom is 0.193 e. The molecule has 132 valence electrons. The van der Waals surface area contributed by atoms with Crippen molar-refractivity contribution in [1.82, 2.24) is 10.2 Å². The topological polar surface area (TPSA) is 51.1 Å². The fourth-order valence-corrected chi connectivity index (χ4v) is 3.22. The molecule has 0 atom stereocenters. The highest BCUT2D eigenvalue weighted by molar-refractivity contribution is 5.80. The summed E-state index contributed by atoms with van der Waals surface area (Å²) >= 11 is 0. The van der Waals surface area contributed by atoms with Crippen LogP contribution in [0.1, 0.15) is 19.3 Å². The summed E-state index contributed by atoms with van der Waals surface area (Å²) in [4.78, 5) is 8.20. The number of piperazine rings is 1. The summed E-state index contributed by atoms with van der Waals surface area (Å²) in [6, 6.07) is 3.53. The van der Waals surface area contributed by atoms with E-state index in [4.69, 9.17) is 0 Å². The predicted octanol–water partition coefficient (Wildman–Crippen LogP) is 1.58. The Morgan fingerprint density at radius 2 is 1.96 bits per heavy atom. The van der Waals surface area contributed by atoms with Crippen LogP contribution in [0.3, 0.4) is 0 Å². The summed E-state index contributed by atoms with van der Waals surface area (Å²) in [6.07, 6.45) is 2.71. The van der Waals surface area contributed by atoms with Gasteiger partial charge in [-0.2, -0.15) is 0 Å². The molecule has 1 aliphatic heterocycles. The van der Waals surface area contributed by atoms with Crippen molar-refractivity contribution < 1.29 is 13.9 Å². The van der Waals surface area contributed by atoms with E-state index in [1.165, 1.54) is 6.07 Å². The van der Waals surface area contributed by atoms with Gasteiger partial charge in [-0.3, -0.25) is 4.99 Å². The van der Waals surface area contributed by atoms with Gasteiger partial charge in [0.15, 0.2) is 5.96 Å². The van der Waals surface area contributed by atoms with Gasteiger partial charge in [0.2, 0.25) is 0 Å². The van der Waals surface area contributed by atoms with Crippen LogP contribution in [0.4, 0.5) is 14.5 Å². The van der Waals surface area contributed by atoms with Gasteiger partial charge in [-0.25, -0.2) is 8.78 Å². The number of hydrogen-bond donors (Lipinski definition) is 2. The molecule has 1 saturated heterocycles. The van der Waals surface area contributed by atoms with Crippen LogP contribution in [-0.2, 0) is 0 Å². The first kappa shape index (κ1) is 17.0. The van der Waals surface area contributed by atoms with Gasteiger partial charge in [-0.15, -0.1) is 0 Å². The number of benzene rings is 1. The molecule has 3 rings (SSSR count). The number of aliphatic hydroxyl groups is 1. The SMILES string of the molecule is CN=C(NCC1(O)CCC1)N1CCN(c2cc(F)ccc2F)CC1. The van der Waals surface area contributed by atoms with Crippen molar-refractivity contribution in [3.8, 4) is 0 Å². The van der Waals surface area contributed by atoms with Gasteiger partial charge in [0.25, 0.3) is 0 Å². The van der Waals surface area contributed by atoms with Crippen molar-refractivity contribution in [2.24, 2.45) is 4.99 Å². The lowest BCUT2D eigenvalue weighted by atomic mass is 9.80. The Hall–Kier alpha value is -1.89. The van der Waals surface area contributed by atoms with E-state index in [2.05, 4.69) is 15.2 Å². The number of halogens is 2. The zero-order chi connectivity index (χ0) is 17.2. The third-order valence-electron chi connectivity index (χ3n) is 4.90. The van der Waals surface area contributed by atoms with E-state index in [9.17, 15) is 13.9 Å².